The van der Waals surface area contributed by atoms with Crippen molar-refractivity contribution in [2.24, 2.45) is 0 Å². The van der Waals surface area contributed by atoms with Crippen molar-refractivity contribution in [3.8, 4) is 0 Å². The third-order valence-corrected chi connectivity index (χ3v) is 4.73. The average Bonchev–Trinajstić information content (AvgIpc) is 2.74. The van der Waals surface area contributed by atoms with Gasteiger partial charge in [-0.2, -0.15) is 0 Å². The second-order valence-electron chi connectivity index (χ2n) is 6.97. The first-order valence-electron chi connectivity index (χ1n) is 9.80. The molecule has 0 atom stereocenters. The molecule has 1 aliphatic carbocycles. The molecule has 1 aliphatic rings. The number of hydrogen-bond acceptors (Lipinski definition) is 5. The van der Waals surface area contributed by atoms with E-state index in [1.165, 1.54) is 6.42 Å². The Morgan fingerprint density at radius 3 is 2.34 bits per heavy atom. The van der Waals surface area contributed by atoms with Crippen LogP contribution in [0.3, 0.4) is 0 Å². The maximum Gasteiger partial charge on any atom is 0.340 e. The minimum atomic E-state index is -0.667. The van der Waals surface area contributed by atoms with Crippen LogP contribution in [0, 0.1) is 0 Å². The molecule has 2 aromatic rings. The van der Waals surface area contributed by atoms with Gasteiger partial charge in [-0.3, -0.25) is 10.1 Å². The molecule has 0 aliphatic heterocycles. The van der Waals surface area contributed by atoms with Crippen LogP contribution in [-0.4, -0.2) is 30.6 Å². The molecule has 3 amide bonds. The number of ether oxygens (including phenoxy) is 1. The van der Waals surface area contributed by atoms with Gasteiger partial charge in [-0.05, 0) is 37.1 Å². The highest BCUT2D eigenvalue weighted by atomic mass is 16.5. The number of benzene rings is 2. The van der Waals surface area contributed by atoms with Crippen LogP contribution in [-0.2, 0) is 9.53 Å². The predicted octanol–water partition coefficient (Wildman–Crippen LogP) is 3.75. The first-order valence-corrected chi connectivity index (χ1v) is 9.80. The number of hydrogen-bond donors (Lipinski definition) is 3. The minimum Gasteiger partial charge on any atom is -0.452 e. The second kappa shape index (κ2) is 10.3. The van der Waals surface area contributed by atoms with Crippen molar-refractivity contribution in [2.45, 2.75) is 38.1 Å². The van der Waals surface area contributed by atoms with Crippen molar-refractivity contribution in [3.63, 3.8) is 0 Å². The van der Waals surface area contributed by atoms with Crippen molar-refractivity contribution < 1.29 is 19.1 Å². The number of urea groups is 1. The molecule has 0 saturated heterocycles. The molecule has 0 radical (unpaired) electrons. The number of anilines is 2. The van der Waals surface area contributed by atoms with E-state index in [4.69, 9.17) is 4.74 Å². The van der Waals surface area contributed by atoms with Crippen LogP contribution >= 0.6 is 0 Å². The van der Waals surface area contributed by atoms with Crippen LogP contribution in [0.1, 0.15) is 42.5 Å². The topological polar surface area (TPSA) is 96.5 Å². The number of amides is 3. The van der Waals surface area contributed by atoms with Gasteiger partial charge in [0.25, 0.3) is 5.91 Å². The first kappa shape index (κ1) is 20.4. The summed E-state index contributed by atoms with van der Waals surface area (Å²) in [5, 5.41) is 8.14. The Labute approximate surface area is 169 Å². The highest BCUT2D eigenvalue weighted by Crippen LogP contribution is 2.21. The van der Waals surface area contributed by atoms with Gasteiger partial charge < -0.3 is 15.4 Å². The molecule has 7 heteroatoms. The number of esters is 1. The first-order chi connectivity index (χ1) is 14.1. The van der Waals surface area contributed by atoms with E-state index in [2.05, 4.69) is 16.0 Å². The number of rotatable bonds is 6. The van der Waals surface area contributed by atoms with Crippen LogP contribution in [0.5, 0.6) is 0 Å². The Morgan fingerprint density at radius 2 is 1.59 bits per heavy atom. The zero-order valence-corrected chi connectivity index (χ0v) is 16.1. The molecule has 1 saturated carbocycles. The van der Waals surface area contributed by atoms with E-state index in [1.54, 1.807) is 24.3 Å². The molecule has 0 aromatic heterocycles. The SMILES string of the molecule is O=C(COC(=O)c1ccccc1Nc1ccccc1)NC(=O)NC1CCCCC1. The molecule has 0 bridgehead atoms. The number of para-hydroxylation sites is 2. The molecule has 1 fully saturated rings. The molecular formula is C22H25N3O4. The minimum absolute atomic E-state index is 0.0926. The van der Waals surface area contributed by atoms with Crippen molar-refractivity contribution in [1.29, 1.82) is 0 Å². The van der Waals surface area contributed by atoms with Gasteiger partial charge >= 0.3 is 12.0 Å². The third-order valence-electron chi connectivity index (χ3n) is 4.73. The maximum atomic E-state index is 12.4. The van der Waals surface area contributed by atoms with E-state index in [1.807, 2.05) is 30.3 Å². The van der Waals surface area contributed by atoms with Crippen molar-refractivity contribution in [1.82, 2.24) is 10.6 Å². The Hall–Kier alpha value is -3.35. The lowest BCUT2D eigenvalue weighted by atomic mass is 9.96. The van der Waals surface area contributed by atoms with E-state index in [0.717, 1.165) is 31.4 Å². The quantitative estimate of drug-likeness (QED) is 0.648. The van der Waals surface area contributed by atoms with E-state index in [-0.39, 0.29) is 6.04 Å². The molecule has 2 aromatic carbocycles. The molecule has 3 N–H and O–H groups in total. The summed E-state index contributed by atoms with van der Waals surface area (Å²) in [6.45, 7) is -0.531. The normalized spacial score (nSPS) is 13.9. The van der Waals surface area contributed by atoms with Gasteiger partial charge in [-0.25, -0.2) is 9.59 Å². The third kappa shape index (κ3) is 6.34. The van der Waals surface area contributed by atoms with Gasteiger partial charge in [-0.1, -0.05) is 49.6 Å². The van der Waals surface area contributed by atoms with Gasteiger partial charge in [0.05, 0.1) is 11.3 Å². The van der Waals surface area contributed by atoms with Gasteiger partial charge in [0.15, 0.2) is 6.61 Å². The maximum absolute atomic E-state index is 12.4. The average molecular weight is 395 g/mol. The Morgan fingerprint density at radius 1 is 0.897 bits per heavy atom. The largest absolute Gasteiger partial charge is 0.452 e. The number of imide groups is 1. The summed E-state index contributed by atoms with van der Waals surface area (Å²) in [5.41, 5.74) is 1.69. The molecular weight excluding hydrogens is 370 g/mol. The van der Waals surface area contributed by atoms with Gasteiger partial charge in [-0.15, -0.1) is 0 Å². The van der Waals surface area contributed by atoms with Crippen LogP contribution < -0.4 is 16.0 Å². The lowest BCUT2D eigenvalue weighted by Crippen LogP contribution is -2.46. The molecule has 29 heavy (non-hydrogen) atoms. The molecule has 0 unspecified atom stereocenters. The summed E-state index contributed by atoms with van der Waals surface area (Å²) in [6, 6.07) is 15.8. The summed E-state index contributed by atoms with van der Waals surface area (Å²) in [7, 11) is 0. The number of nitrogens with one attached hydrogen (secondary N) is 3. The summed E-state index contributed by atoms with van der Waals surface area (Å²) in [5.74, 6) is -1.31. The Balaban J connectivity index is 1.50. The molecule has 3 rings (SSSR count). The van der Waals surface area contributed by atoms with Crippen LogP contribution in [0.2, 0.25) is 0 Å². The van der Waals surface area contributed by atoms with E-state index in [0.29, 0.717) is 11.3 Å². The lowest BCUT2D eigenvalue weighted by Gasteiger charge is -2.22. The fraction of sp³-hybridized carbons (Fsp3) is 0.318. The van der Waals surface area contributed by atoms with Gasteiger partial charge in [0.2, 0.25) is 0 Å². The summed E-state index contributed by atoms with van der Waals surface area (Å²) < 4.78 is 5.09. The molecule has 152 valence electrons. The van der Waals surface area contributed by atoms with Crippen molar-refractivity contribution in [3.05, 3.63) is 60.2 Å². The molecule has 7 nitrogen and oxygen atoms in total. The summed E-state index contributed by atoms with van der Waals surface area (Å²) in [4.78, 5) is 36.3. The smallest absolute Gasteiger partial charge is 0.340 e. The summed E-state index contributed by atoms with van der Waals surface area (Å²) >= 11 is 0. The van der Waals surface area contributed by atoms with Crippen molar-refractivity contribution in [2.75, 3.05) is 11.9 Å². The van der Waals surface area contributed by atoms with E-state index >= 15 is 0 Å². The van der Waals surface area contributed by atoms with Gasteiger partial charge in [0, 0.05) is 11.7 Å². The zero-order valence-electron chi connectivity index (χ0n) is 16.1. The molecule has 0 spiro atoms. The predicted molar refractivity (Wildman–Crippen MR) is 110 cm³/mol. The second-order valence-corrected chi connectivity index (χ2v) is 6.97. The fourth-order valence-corrected chi connectivity index (χ4v) is 3.29. The van der Waals surface area contributed by atoms with Crippen LogP contribution in [0.15, 0.2) is 54.6 Å². The van der Waals surface area contributed by atoms with Gasteiger partial charge in [0.1, 0.15) is 0 Å². The Bertz CT molecular complexity index is 848. The lowest BCUT2D eigenvalue weighted by molar-refractivity contribution is -0.123. The zero-order chi connectivity index (χ0) is 20.5. The van der Waals surface area contributed by atoms with E-state index in [9.17, 15) is 14.4 Å². The number of carbonyl (C=O) groups excluding carboxylic acids is 3. The standard InChI is InChI=1S/C22H25N3O4/c26-20(25-22(28)24-17-11-5-2-6-12-17)15-29-21(27)18-13-7-8-14-19(18)23-16-9-3-1-4-10-16/h1,3-4,7-10,13-14,17,23H,2,5-6,11-12,15H2,(H2,24,25,26,28). The molecule has 0 heterocycles. The van der Waals surface area contributed by atoms with E-state index < -0.39 is 24.5 Å². The van der Waals surface area contributed by atoms with Crippen LogP contribution in [0.25, 0.3) is 0 Å². The highest BCUT2D eigenvalue weighted by molar-refractivity contribution is 5.99. The Kier molecular flexibility index (Phi) is 7.22. The fourth-order valence-electron chi connectivity index (χ4n) is 3.29. The number of carbonyl (C=O) groups is 3. The monoisotopic (exact) mass is 395 g/mol. The van der Waals surface area contributed by atoms with Crippen LogP contribution in [0.4, 0.5) is 16.2 Å². The summed E-state index contributed by atoms with van der Waals surface area (Å²) in [6.07, 6.45) is 5.17. The van der Waals surface area contributed by atoms with Crippen molar-refractivity contribution >= 4 is 29.3 Å². The highest BCUT2D eigenvalue weighted by Gasteiger charge is 2.18.